The average molecular weight is 319 g/mol. The number of thioether (sulfide) groups is 1. The second-order valence-corrected chi connectivity index (χ2v) is 5.64. The predicted molar refractivity (Wildman–Crippen MR) is 83.2 cm³/mol. The third-order valence-electron chi connectivity index (χ3n) is 3.02. The fourth-order valence-corrected chi connectivity index (χ4v) is 2.76. The quantitative estimate of drug-likeness (QED) is 0.878. The zero-order valence-corrected chi connectivity index (χ0v) is 12.5. The van der Waals surface area contributed by atoms with Gasteiger partial charge in [0, 0.05) is 16.6 Å². The maximum Gasteiger partial charge on any atom is 0.234 e. The van der Waals surface area contributed by atoms with Crippen molar-refractivity contribution in [3.8, 4) is 11.5 Å². The molecule has 1 N–H and O–H groups in total. The Morgan fingerprint density at radius 3 is 2.73 bits per heavy atom. The van der Waals surface area contributed by atoms with Gasteiger partial charge in [0.1, 0.15) is 19.0 Å². The van der Waals surface area contributed by atoms with Gasteiger partial charge in [-0.05, 0) is 24.3 Å². The van der Waals surface area contributed by atoms with Crippen molar-refractivity contribution < 1.29 is 18.7 Å². The number of nitrogens with one attached hydrogen (secondary N) is 1. The van der Waals surface area contributed by atoms with Crippen molar-refractivity contribution in [2.75, 3.05) is 24.3 Å². The Morgan fingerprint density at radius 1 is 1.14 bits per heavy atom. The first-order chi connectivity index (χ1) is 10.7. The van der Waals surface area contributed by atoms with E-state index in [0.717, 1.165) is 11.8 Å². The zero-order chi connectivity index (χ0) is 15.4. The Labute approximate surface area is 131 Å². The number of ether oxygens (including phenoxy) is 2. The summed E-state index contributed by atoms with van der Waals surface area (Å²) < 4.78 is 24.4. The summed E-state index contributed by atoms with van der Waals surface area (Å²) in [6.07, 6.45) is 0. The molecule has 0 saturated carbocycles. The molecule has 1 aliphatic rings. The first kappa shape index (κ1) is 14.7. The van der Waals surface area contributed by atoms with Gasteiger partial charge in [-0.15, -0.1) is 11.8 Å². The van der Waals surface area contributed by atoms with E-state index in [9.17, 15) is 9.18 Å². The molecule has 0 radical (unpaired) electrons. The number of rotatable bonds is 4. The van der Waals surface area contributed by atoms with E-state index in [2.05, 4.69) is 5.32 Å². The normalized spacial score (nSPS) is 12.8. The van der Waals surface area contributed by atoms with Crippen molar-refractivity contribution in [3.63, 3.8) is 0 Å². The van der Waals surface area contributed by atoms with E-state index in [4.69, 9.17) is 9.47 Å². The topological polar surface area (TPSA) is 47.6 Å². The van der Waals surface area contributed by atoms with Crippen LogP contribution in [-0.2, 0) is 4.79 Å². The van der Waals surface area contributed by atoms with E-state index >= 15 is 0 Å². The summed E-state index contributed by atoms with van der Waals surface area (Å²) in [6.45, 7) is 1.02. The third kappa shape index (κ3) is 3.51. The lowest BCUT2D eigenvalue weighted by atomic mass is 10.2. The minimum absolute atomic E-state index is 0.134. The highest BCUT2D eigenvalue weighted by molar-refractivity contribution is 8.00. The Kier molecular flexibility index (Phi) is 4.48. The molecule has 0 atom stereocenters. The lowest BCUT2D eigenvalue weighted by molar-refractivity contribution is -0.113. The molecular weight excluding hydrogens is 305 g/mol. The number of carbonyl (C=O) groups is 1. The van der Waals surface area contributed by atoms with Crippen molar-refractivity contribution in [1.29, 1.82) is 0 Å². The number of anilines is 1. The molecule has 6 heteroatoms. The molecule has 0 saturated heterocycles. The van der Waals surface area contributed by atoms with Crippen LogP contribution in [0.15, 0.2) is 47.4 Å². The van der Waals surface area contributed by atoms with Crippen LogP contribution in [0.4, 0.5) is 10.1 Å². The molecule has 0 fully saturated rings. The highest BCUT2D eigenvalue weighted by Crippen LogP contribution is 2.32. The van der Waals surface area contributed by atoms with E-state index in [1.807, 2.05) is 0 Å². The van der Waals surface area contributed by atoms with Gasteiger partial charge in [-0.25, -0.2) is 4.39 Å². The smallest absolute Gasteiger partial charge is 0.234 e. The van der Waals surface area contributed by atoms with Gasteiger partial charge >= 0.3 is 0 Å². The number of benzene rings is 2. The Bertz CT molecular complexity index is 693. The maximum absolute atomic E-state index is 13.5. The summed E-state index contributed by atoms with van der Waals surface area (Å²) in [5.41, 5.74) is 0.628. The predicted octanol–water partition coefficient (Wildman–Crippen LogP) is 3.33. The zero-order valence-electron chi connectivity index (χ0n) is 11.7. The molecule has 114 valence electrons. The summed E-state index contributed by atoms with van der Waals surface area (Å²) in [5.74, 6) is 0.899. The molecule has 0 unspecified atom stereocenters. The average Bonchev–Trinajstić information content (AvgIpc) is 2.54. The van der Waals surface area contributed by atoms with E-state index in [-0.39, 0.29) is 17.5 Å². The third-order valence-corrected chi connectivity index (χ3v) is 4.07. The highest BCUT2D eigenvalue weighted by atomic mass is 32.2. The largest absolute Gasteiger partial charge is 0.486 e. The second-order valence-electron chi connectivity index (χ2n) is 4.63. The molecule has 2 aromatic rings. The van der Waals surface area contributed by atoms with Crippen LogP contribution in [-0.4, -0.2) is 24.9 Å². The number of amides is 1. The summed E-state index contributed by atoms with van der Waals surface area (Å²) in [6, 6.07) is 11.6. The first-order valence-electron chi connectivity index (χ1n) is 6.79. The number of hydrogen-bond acceptors (Lipinski definition) is 4. The van der Waals surface area contributed by atoms with Gasteiger partial charge in [0.25, 0.3) is 0 Å². The van der Waals surface area contributed by atoms with Gasteiger partial charge in [-0.3, -0.25) is 4.79 Å². The fourth-order valence-electron chi connectivity index (χ4n) is 2.02. The van der Waals surface area contributed by atoms with Crippen LogP contribution in [0.25, 0.3) is 0 Å². The summed E-state index contributed by atoms with van der Waals surface area (Å²) >= 11 is 1.16. The van der Waals surface area contributed by atoms with E-state index < -0.39 is 0 Å². The van der Waals surface area contributed by atoms with Gasteiger partial charge < -0.3 is 14.8 Å². The van der Waals surface area contributed by atoms with E-state index in [1.165, 1.54) is 6.07 Å². The molecular formula is C16H14FNO3S. The molecule has 22 heavy (non-hydrogen) atoms. The maximum atomic E-state index is 13.5. The lowest BCUT2D eigenvalue weighted by Crippen LogP contribution is -2.17. The number of fused-ring (bicyclic) bond motifs is 1. The van der Waals surface area contributed by atoms with E-state index in [1.54, 1.807) is 36.4 Å². The van der Waals surface area contributed by atoms with Gasteiger partial charge in [0.2, 0.25) is 5.91 Å². The van der Waals surface area contributed by atoms with Crippen LogP contribution in [0.5, 0.6) is 11.5 Å². The Morgan fingerprint density at radius 2 is 1.91 bits per heavy atom. The van der Waals surface area contributed by atoms with Gasteiger partial charge in [0.05, 0.1) is 5.75 Å². The second kappa shape index (κ2) is 6.70. The first-order valence-corrected chi connectivity index (χ1v) is 7.78. The molecule has 2 aromatic carbocycles. The van der Waals surface area contributed by atoms with Crippen molar-refractivity contribution in [1.82, 2.24) is 0 Å². The minimum Gasteiger partial charge on any atom is -0.486 e. The molecule has 3 rings (SSSR count). The standard InChI is InChI=1S/C16H14FNO3S/c17-12-3-1-2-4-15(12)22-10-16(19)18-11-5-6-13-14(9-11)21-8-7-20-13/h1-6,9H,7-8,10H2,(H,18,19). The molecule has 1 amide bonds. The highest BCUT2D eigenvalue weighted by Gasteiger charge is 2.13. The monoisotopic (exact) mass is 319 g/mol. The van der Waals surface area contributed by atoms with Crippen molar-refractivity contribution in [3.05, 3.63) is 48.3 Å². The Hall–Kier alpha value is -2.21. The van der Waals surface area contributed by atoms with Crippen LogP contribution in [0.1, 0.15) is 0 Å². The van der Waals surface area contributed by atoms with Gasteiger partial charge in [-0.2, -0.15) is 0 Å². The van der Waals surface area contributed by atoms with Crippen LogP contribution in [0.3, 0.4) is 0 Å². The molecule has 1 heterocycles. The minimum atomic E-state index is -0.320. The van der Waals surface area contributed by atoms with Gasteiger partial charge in [-0.1, -0.05) is 12.1 Å². The molecule has 1 aliphatic heterocycles. The van der Waals surface area contributed by atoms with Crippen LogP contribution >= 0.6 is 11.8 Å². The van der Waals surface area contributed by atoms with Gasteiger partial charge in [0.15, 0.2) is 11.5 Å². The number of halogens is 1. The Balaban J connectivity index is 1.59. The molecule has 4 nitrogen and oxygen atoms in total. The molecule has 0 bridgehead atoms. The van der Waals surface area contributed by atoms with Crippen molar-refractivity contribution in [2.24, 2.45) is 0 Å². The molecule has 0 aliphatic carbocycles. The number of carbonyl (C=O) groups excluding carboxylic acids is 1. The molecule has 0 spiro atoms. The SMILES string of the molecule is O=C(CSc1ccccc1F)Nc1ccc2c(c1)OCCO2. The summed E-state index contributed by atoms with van der Waals surface area (Å²) in [7, 11) is 0. The number of hydrogen-bond donors (Lipinski definition) is 1. The van der Waals surface area contributed by atoms with Crippen molar-refractivity contribution in [2.45, 2.75) is 4.90 Å². The van der Waals surface area contributed by atoms with Crippen LogP contribution in [0, 0.1) is 5.82 Å². The van der Waals surface area contributed by atoms with Crippen LogP contribution < -0.4 is 14.8 Å². The van der Waals surface area contributed by atoms with E-state index in [0.29, 0.717) is 35.3 Å². The fraction of sp³-hybridized carbons (Fsp3) is 0.188. The summed E-state index contributed by atoms with van der Waals surface area (Å²) in [5, 5.41) is 2.76. The van der Waals surface area contributed by atoms with Crippen molar-refractivity contribution >= 4 is 23.4 Å². The lowest BCUT2D eigenvalue weighted by Gasteiger charge is -2.19. The van der Waals surface area contributed by atoms with Crippen LogP contribution in [0.2, 0.25) is 0 Å². The summed E-state index contributed by atoms with van der Waals surface area (Å²) in [4.78, 5) is 12.4. The molecule has 0 aromatic heterocycles.